The first-order chi connectivity index (χ1) is 8.41. The number of hydrogen-bond acceptors (Lipinski definition) is 4. The number of rotatable bonds is 6. The second kappa shape index (κ2) is 7.05. The molecule has 0 aromatic heterocycles. The van der Waals surface area contributed by atoms with E-state index >= 15 is 0 Å². The van der Waals surface area contributed by atoms with E-state index in [1.54, 1.807) is 6.92 Å². The summed E-state index contributed by atoms with van der Waals surface area (Å²) in [6, 6.07) is 0. The van der Waals surface area contributed by atoms with E-state index in [9.17, 15) is 9.59 Å². The first kappa shape index (κ1) is 18.1. The molecular weight excluding hydrogens is 276 g/mol. The van der Waals surface area contributed by atoms with Crippen molar-refractivity contribution in [2.24, 2.45) is 0 Å². The molecule has 0 N–H and O–H groups in total. The molecule has 0 atom stereocenters. The van der Waals surface area contributed by atoms with Gasteiger partial charge in [-0.3, -0.25) is 0 Å². The molecule has 0 rings (SSSR count). The molecule has 0 saturated carbocycles. The fourth-order valence-corrected chi connectivity index (χ4v) is 2.10. The van der Waals surface area contributed by atoms with Gasteiger partial charge in [0.05, 0.1) is 28.6 Å². The van der Waals surface area contributed by atoms with Crippen molar-refractivity contribution in [3.63, 3.8) is 0 Å². The molecule has 0 aromatic carbocycles. The average Bonchev–Trinajstić information content (AvgIpc) is 2.21. The second-order valence-electron chi connectivity index (χ2n) is 7.13. The zero-order valence-corrected chi connectivity index (χ0v) is 15.1. The molecule has 0 aliphatic rings. The predicted molar refractivity (Wildman–Crippen MR) is 82.4 cm³/mol. The molecule has 110 valence electrons. The smallest absolute Gasteiger partial charge is 0.333 e. The van der Waals surface area contributed by atoms with E-state index in [-0.39, 0.29) is 0 Å². The average molecular weight is 303 g/mol. The van der Waals surface area contributed by atoms with Gasteiger partial charge in [-0.2, -0.15) is 0 Å². The standard InChI is InChI=1S/C13H26O4Si2/c1-11(13(15)17-10-19(5,6)7)8-12(14)16-9-18(2,3)4/h8H,9-10H2,1-7H3/b11-8-. The quantitative estimate of drug-likeness (QED) is 0.430. The van der Waals surface area contributed by atoms with Gasteiger partial charge in [0.15, 0.2) is 0 Å². The molecule has 0 aromatic rings. The molecule has 4 nitrogen and oxygen atoms in total. The minimum atomic E-state index is -1.43. The molecule has 6 heteroatoms. The summed E-state index contributed by atoms with van der Waals surface area (Å²) in [4.78, 5) is 23.2. The fraction of sp³-hybridized carbons (Fsp3) is 0.692. The molecule has 0 radical (unpaired) electrons. The Hall–Kier alpha value is -0.886. The highest BCUT2D eigenvalue weighted by atomic mass is 28.3. The van der Waals surface area contributed by atoms with Crippen molar-refractivity contribution in [3.05, 3.63) is 11.6 Å². The first-order valence-corrected chi connectivity index (χ1v) is 13.8. The van der Waals surface area contributed by atoms with Crippen LogP contribution in [0, 0.1) is 0 Å². The monoisotopic (exact) mass is 302 g/mol. The topological polar surface area (TPSA) is 52.6 Å². The van der Waals surface area contributed by atoms with Crippen molar-refractivity contribution >= 4 is 28.1 Å². The number of ether oxygens (including phenoxy) is 2. The Balaban J connectivity index is 4.31. The maximum atomic E-state index is 11.7. The maximum Gasteiger partial charge on any atom is 0.333 e. The Labute approximate surface area is 118 Å². The van der Waals surface area contributed by atoms with E-state index < -0.39 is 28.1 Å². The summed E-state index contributed by atoms with van der Waals surface area (Å²) in [6.45, 7) is 14.2. The van der Waals surface area contributed by atoms with Gasteiger partial charge in [0.1, 0.15) is 0 Å². The minimum Gasteiger partial charge on any atom is -0.466 e. The van der Waals surface area contributed by atoms with Crippen LogP contribution in [0.4, 0.5) is 0 Å². The molecule has 19 heavy (non-hydrogen) atoms. The second-order valence-corrected chi connectivity index (χ2v) is 18.0. The number of hydrogen-bond donors (Lipinski definition) is 0. The molecule has 0 bridgehead atoms. The van der Waals surface area contributed by atoms with Gasteiger partial charge in [-0.15, -0.1) is 0 Å². The Kier molecular flexibility index (Phi) is 6.72. The maximum absolute atomic E-state index is 11.7. The van der Waals surface area contributed by atoms with Crippen molar-refractivity contribution in [3.8, 4) is 0 Å². The van der Waals surface area contributed by atoms with Crippen LogP contribution >= 0.6 is 0 Å². The van der Waals surface area contributed by atoms with Gasteiger partial charge in [0.25, 0.3) is 0 Å². The van der Waals surface area contributed by atoms with Gasteiger partial charge in [-0.25, -0.2) is 9.59 Å². The molecule has 0 saturated heterocycles. The van der Waals surface area contributed by atoms with Crippen LogP contribution in [-0.2, 0) is 19.1 Å². The van der Waals surface area contributed by atoms with Crippen LogP contribution in [0.5, 0.6) is 0 Å². The normalized spacial score (nSPS) is 13.1. The summed E-state index contributed by atoms with van der Waals surface area (Å²) < 4.78 is 10.3. The summed E-state index contributed by atoms with van der Waals surface area (Å²) in [5.41, 5.74) is 0.291. The summed E-state index contributed by atoms with van der Waals surface area (Å²) in [5, 5.41) is 0. The van der Waals surface area contributed by atoms with Crippen molar-refractivity contribution < 1.29 is 19.1 Å². The largest absolute Gasteiger partial charge is 0.466 e. The Morgan fingerprint density at radius 2 is 1.32 bits per heavy atom. The van der Waals surface area contributed by atoms with Crippen LogP contribution in [0.3, 0.4) is 0 Å². The Bertz CT molecular complexity index is 362. The molecule has 0 amide bonds. The van der Waals surface area contributed by atoms with Crippen molar-refractivity contribution in [2.75, 3.05) is 12.5 Å². The molecule has 0 fully saturated rings. The molecule has 0 unspecified atom stereocenters. The van der Waals surface area contributed by atoms with Gasteiger partial charge in [0.2, 0.25) is 0 Å². The highest BCUT2D eigenvalue weighted by Gasteiger charge is 2.18. The van der Waals surface area contributed by atoms with E-state index in [0.29, 0.717) is 18.0 Å². The SMILES string of the molecule is C/C(=C/C(=O)OC[Si](C)(C)C)C(=O)OC[Si](C)(C)C. The molecule has 0 aliphatic heterocycles. The van der Waals surface area contributed by atoms with Crippen molar-refractivity contribution in [1.29, 1.82) is 0 Å². The van der Waals surface area contributed by atoms with Crippen LogP contribution in [0.2, 0.25) is 39.3 Å². The lowest BCUT2D eigenvalue weighted by Crippen LogP contribution is -2.30. The Morgan fingerprint density at radius 3 is 1.74 bits per heavy atom. The van der Waals surface area contributed by atoms with Crippen LogP contribution < -0.4 is 0 Å². The minimum absolute atomic E-state index is 0.291. The van der Waals surface area contributed by atoms with E-state index in [1.165, 1.54) is 6.08 Å². The summed E-state index contributed by atoms with van der Waals surface area (Å²) in [7, 11) is -2.85. The molecular formula is C13H26O4Si2. The van der Waals surface area contributed by atoms with E-state index in [1.807, 2.05) is 0 Å². The van der Waals surface area contributed by atoms with E-state index in [4.69, 9.17) is 9.47 Å². The van der Waals surface area contributed by atoms with Crippen LogP contribution in [-0.4, -0.2) is 40.5 Å². The van der Waals surface area contributed by atoms with Crippen LogP contribution in [0.1, 0.15) is 6.92 Å². The number of esters is 2. The van der Waals surface area contributed by atoms with Crippen LogP contribution in [0.15, 0.2) is 11.6 Å². The third-order valence-electron chi connectivity index (χ3n) is 1.94. The third kappa shape index (κ3) is 10.7. The molecule has 0 spiro atoms. The lowest BCUT2D eigenvalue weighted by molar-refractivity contribution is -0.139. The Morgan fingerprint density at radius 1 is 0.895 bits per heavy atom. The van der Waals surface area contributed by atoms with Crippen molar-refractivity contribution in [2.45, 2.75) is 46.2 Å². The van der Waals surface area contributed by atoms with Gasteiger partial charge < -0.3 is 9.47 Å². The van der Waals surface area contributed by atoms with Crippen LogP contribution in [0.25, 0.3) is 0 Å². The summed E-state index contributed by atoms with van der Waals surface area (Å²) >= 11 is 0. The lowest BCUT2D eigenvalue weighted by atomic mass is 10.3. The summed E-state index contributed by atoms with van der Waals surface area (Å²) in [6.07, 6.45) is 2.13. The highest BCUT2D eigenvalue weighted by Crippen LogP contribution is 2.05. The first-order valence-electron chi connectivity index (χ1n) is 6.43. The van der Waals surface area contributed by atoms with E-state index in [0.717, 1.165) is 0 Å². The zero-order chi connectivity index (χ0) is 15.3. The van der Waals surface area contributed by atoms with Gasteiger partial charge in [-0.05, 0) is 6.92 Å². The predicted octanol–water partition coefficient (Wildman–Crippen LogP) is 2.77. The molecule has 0 aliphatic carbocycles. The van der Waals surface area contributed by atoms with Gasteiger partial charge >= 0.3 is 11.9 Å². The van der Waals surface area contributed by atoms with Gasteiger partial charge in [-0.1, -0.05) is 39.3 Å². The number of carbonyl (C=O) groups excluding carboxylic acids is 2. The highest BCUT2D eigenvalue weighted by molar-refractivity contribution is 6.76. The lowest BCUT2D eigenvalue weighted by Gasteiger charge is -2.16. The zero-order valence-electron chi connectivity index (χ0n) is 13.1. The van der Waals surface area contributed by atoms with E-state index in [2.05, 4.69) is 39.3 Å². The molecule has 0 heterocycles. The summed E-state index contributed by atoms with van der Waals surface area (Å²) in [5.74, 6) is -0.905. The third-order valence-corrected chi connectivity index (χ3v) is 3.96. The fourth-order valence-electron chi connectivity index (χ4n) is 0.961. The van der Waals surface area contributed by atoms with Crippen molar-refractivity contribution in [1.82, 2.24) is 0 Å². The van der Waals surface area contributed by atoms with Gasteiger partial charge in [0, 0.05) is 11.6 Å². The number of carbonyl (C=O) groups is 2.